The molecule has 0 amide bonds. The molecule has 1 heterocycles. The van der Waals surface area contributed by atoms with Crippen molar-refractivity contribution >= 4 is 0 Å². The molecular weight excluding hydrogens is 128 g/mol. The fraction of sp³-hybridized carbons (Fsp3) is 1.00. The lowest BCUT2D eigenvalue weighted by Gasteiger charge is -2.35. The molecule has 0 aromatic heterocycles. The van der Waals surface area contributed by atoms with E-state index in [0.717, 1.165) is 19.4 Å². The van der Waals surface area contributed by atoms with Crippen LogP contribution in [-0.2, 0) is 9.78 Å². The minimum absolute atomic E-state index is 0.0434. The molecular formula is C8H16O2. The van der Waals surface area contributed by atoms with Gasteiger partial charge in [-0.25, -0.2) is 9.78 Å². The van der Waals surface area contributed by atoms with Crippen LogP contribution in [0.15, 0.2) is 0 Å². The van der Waals surface area contributed by atoms with Crippen molar-refractivity contribution in [3.05, 3.63) is 0 Å². The summed E-state index contributed by atoms with van der Waals surface area (Å²) in [5.41, 5.74) is -0.0434. The molecule has 1 unspecified atom stereocenters. The maximum Gasteiger partial charge on any atom is 0.103 e. The summed E-state index contributed by atoms with van der Waals surface area (Å²) >= 11 is 0. The Hall–Kier alpha value is -0.0800. The highest BCUT2D eigenvalue weighted by molar-refractivity contribution is 4.78. The molecule has 0 aromatic rings. The molecule has 0 radical (unpaired) electrons. The highest BCUT2D eigenvalue weighted by Gasteiger charge is 2.32. The topological polar surface area (TPSA) is 18.5 Å². The Labute approximate surface area is 62.4 Å². The lowest BCUT2D eigenvalue weighted by Crippen LogP contribution is -2.38. The summed E-state index contributed by atoms with van der Waals surface area (Å²) in [6.45, 7) is 7.18. The van der Waals surface area contributed by atoms with E-state index < -0.39 is 0 Å². The molecule has 0 N–H and O–H groups in total. The number of hydrogen-bond donors (Lipinski definition) is 0. The van der Waals surface area contributed by atoms with Crippen LogP contribution in [-0.4, -0.2) is 12.2 Å². The summed E-state index contributed by atoms with van der Waals surface area (Å²) in [5, 5.41) is 0. The van der Waals surface area contributed by atoms with Gasteiger partial charge in [0.05, 0.1) is 6.61 Å². The molecule has 0 spiro atoms. The van der Waals surface area contributed by atoms with Gasteiger partial charge in [0.15, 0.2) is 0 Å². The first kappa shape index (κ1) is 8.02. The summed E-state index contributed by atoms with van der Waals surface area (Å²) in [6, 6.07) is 0. The summed E-state index contributed by atoms with van der Waals surface area (Å²) < 4.78 is 0. The lowest BCUT2D eigenvalue weighted by molar-refractivity contribution is -0.388. The van der Waals surface area contributed by atoms with Gasteiger partial charge in [-0.05, 0) is 25.7 Å². The van der Waals surface area contributed by atoms with E-state index in [9.17, 15) is 0 Å². The third kappa shape index (κ3) is 1.50. The maximum absolute atomic E-state index is 5.23. The summed E-state index contributed by atoms with van der Waals surface area (Å²) in [6.07, 6.45) is 2.24. The first-order valence-electron chi connectivity index (χ1n) is 3.96. The van der Waals surface area contributed by atoms with Crippen LogP contribution >= 0.6 is 0 Å². The van der Waals surface area contributed by atoms with Crippen molar-refractivity contribution < 1.29 is 9.78 Å². The van der Waals surface area contributed by atoms with Gasteiger partial charge < -0.3 is 0 Å². The highest BCUT2D eigenvalue weighted by Crippen LogP contribution is 2.29. The molecule has 1 rings (SSSR count). The van der Waals surface area contributed by atoms with Gasteiger partial charge in [0.25, 0.3) is 0 Å². The Kier molecular flexibility index (Phi) is 2.32. The van der Waals surface area contributed by atoms with Crippen LogP contribution in [0, 0.1) is 5.92 Å². The molecule has 0 saturated carbocycles. The van der Waals surface area contributed by atoms with Crippen LogP contribution in [0.25, 0.3) is 0 Å². The molecule has 1 aliphatic heterocycles. The van der Waals surface area contributed by atoms with Gasteiger partial charge in [0.1, 0.15) is 5.60 Å². The minimum atomic E-state index is -0.0434. The zero-order valence-corrected chi connectivity index (χ0v) is 7.02. The molecule has 1 aliphatic rings. The Morgan fingerprint density at radius 3 is 2.40 bits per heavy atom. The van der Waals surface area contributed by atoms with E-state index in [4.69, 9.17) is 9.78 Å². The van der Waals surface area contributed by atoms with Crippen LogP contribution in [0.3, 0.4) is 0 Å². The standard InChI is InChI=1S/C8H16O2/c1-7(2)8(3)5-4-6-9-10-8/h7H,4-6H2,1-3H3. The summed E-state index contributed by atoms with van der Waals surface area (Å²) in [7, 11) is 0. The van der Waals surface area contributed by atoms with Gasteiger partial charge in [-0.2, -0.15) is 0 Å². The van der Waals surface area contributed by atoms with Gasteiger partial charge in [0.2, 0.25) is 0 Å². The van der Waals surface area contributed by atoms with Crippen molar-refractivity contribution in [2.45, 2.75) is 39.2 Å². The van der Waals surface area contributed by atoms with E-state index in [1.165, 1.54) is 0 Å². The van der Waals surface area contributed by atoms with Crippen LogP contribution in [0.4, 0.5) is 0 Å². The maximum atomic E-state index is 5.23. The van der Waals surface area contributed by atoms with Crippen molar-refractivity contribution in [3.8, 4) is 0 Å². The largest absolute Gasteiger partial charge is 0.236 e. The predicted octanol–water partition coefficient (Wildman–Crippen LogP) is 2.14. The fourth-order valence-corrected chi connectivity index (χ4v) is 1.08. The second-order valence-electron chi connectivity index (χ2n) is 3.48. The van der Waals surface area contributed by atoms with Gasteiger partial charge >= 0.3 is 0 Å². The van der Waals surface area contributed by atoms with E-state index in [1.807, 2.05) is 0 Å². The quantitative estimate of drug-likeness (QED) is 0.525. The zero-order valence-electron chi connectivity index (χ0n) is 7.02. The first-order valence-corrected chi connectivity index (χ1v) is 3.96. The molecule has 10 heavy (non-hydrogen) atoms. The lowest BCUT2D eigenvalue weighted by atomic mass is 9.88. The van der Waals surface area contributed by atoms with Crippen LogP contribution in [0.5, 0.6) is 0 Å². The summed E-state index contributed by atoms with van der Waals surface area (Å²) in [5.74, 6) is 0.535. The van der Waals surface area contributed by atoms with Gasteiger partial charge in [-0.15, -0.1) is 0 Å². The molecule has 2 heteroatoms. The van der Waals surface area contributed by atoms with Crippen LogP contribution in [0.1, 0.15) is 33.6 Å². The van der Waals surface area contributed by atoms with Crippen molar-refractivity contribution in [1.29, 1.82) is 0 Å². The average Bonchev–Trinajstić information content (AvgIpc) is 1.89. The second-order valence-corrected chi connectivity index (χ2v) is 3.48. The smallest absolute Gasteiger partial charge is 0.103 e. The molecule has 1 saturated heterocycles. The summed E-state index contributed by atoms with van der Waals surface area (Å²) in [4.78, 5) is 10.2. The van der Waals surface area contributed by atoms with Crippen LogP contribution < -0.4 is 0 Å². The van der Waals surface area contributed by atoms with Crippen molar-refractivity contribution in [3.63, 3.8) is 0 Å². The SMILES string of the molecule is CC(C)C1(C)CCCOO1. The Morgan fingerprint density at radius 2 is 2.10 bits per heavy atom. The first-order chi connectivity index (χ1) is 4.65. The van der Waals surface area contributed by atoms with Crippen molar-refractivity contribution in [1.82, 2.24) is 0 Å². The molecule has 2 nitrogen and oxygen atoms in total. The van der Waals surface area contributed by atoms with Gasteiger partial charge in [-0.1, -0.05) is 13.8 Å². The molecule has 60 valence electrons. The normalized spacial score (nSPS) is 34.8. The molecule has 1 atom stereocenters. The molecule has 0 aliphatic carbocycles. The van der Waals surface area contributed by atoms with E-state index in [-0.39, 0.29) is 5.60 Å². The number of hydrogen-bond acceptors (Lipinski definition) is 2. The Bertz CT molecular complexity index is 104. The minimum Gasteiger partial charge on any atom is -0.236 e. The monoisotopic (exact) mass is 144 g/mol. The third-order valence-corrected chi connectivity index (χ3v) is 2.37. The van der Waals surface area contributed by atoms with Crippen LogP contribution in [0.2, 0.25) is 0 Å². The Morgan fingerprint density at radius 1 is 1.40 bits per heavy atom. The average molecular weight is 144 g/mol. The fourth-order valence-electron chi connectivity index (χ4n) is 1.08. The van der Waals surface area contributed by atoms with E-state index in [2.05, 4.69) is 20.8 Å². The predicted molar refractivity (Wildman–Crippen MR) is 39.5 cm³/mol. The van der Waals surface area contributed by atoms with Gasteiger partial charge in [0, 0.05) is 0 Å². The zero-order chi connectivity index (χ0) is 7.61. The van der Waals surface area contributed by atoms with Crippen molar-refractivity contribution in [2.24, 2.45) is 5.92 Å². The second kappa shape index (κ2) is 2.89. The Balaban J connectivity index is 2.48. The van der Waals surface area contributed by atoms with E-state index >= 15 is 0 Å². The van der Waals surface area contributed by atoms with E-state index in [1.54, 1.807) is 0 Å². The molecule has 0 bridgehead atoms. The highest BCUT2D eigenvalue weighted by atomic mass is 17.2. The van der Waals surface area contributed by atoms with E-state index in [0.29, 0.717) is 5.92 Å². The third-order valence-electron chi connectivity index (χ3n) is 2.37. The molecule has 1 fully saturated rings. The van der Waals surface area contributed by atoms with Gasteiger partial charge in [-0.3, -0.25) is 0 Å². The molecule has 0 aromatic carbocycles. The number of rotatable bonds is 1. The van der Waals surface area contributed by atoms with Crippen molar-refractivity contribution in [2.75, 3.05) is 6.61 Å².